The molecule has 14 heavy (non-hydrogen) atoms. The van der Waals surface area contributed by atoms with Crippen LogP contribution in [0.2, 0.25) is 6.32 Å². The van der Waals surface area contributed by atoms with Crippen molar-refractivity contribution in [2.45, 2.75) is 45.3 Å². The molecule has 0 aromatic carbocycles. The van der Waals surface area contributed by atoms with Crippen LogP contribution in [0, 0.1) is 11.8 Å². The fourth-order valence-corrected chi connectivity index (χ4v) is 2.66. The quantitative estimate of drug-likeness (QED) is 0.632. The van der Waals surface area contributed by atoms with Gasteiger partial charge in [-0.05, 0) is 24.6 Å². The SMILES string of the molecule is C[C@H]1CCCC[C@@H]1CB1OCCCO1. The third kappa shape index (κ3) is 2.74. The van der Waals surface area contributed by atoms with Crippen LogP contribution < -0.4 is 0 Å². The van der Waals surface area contributed by atoms with Crippen LogP contribution in [-0.2, 0) is 9.31 Å². The van der Waals surface area contributed by atoms with E-state index in [2.05, 4.69) is 6.92 Å². The first-order valence-corrected chi connectivity index (χ1v) is 6.09. The summed E-state index contributed by atoms with van der Waals surface area (Å²) in [6.45, 7) is 4.17. The summed E-state index contributed by atoms with van der Waals surface area (Å²) in [7, 11) is 0.106. The second kappa shape index (κ2) is 5.17. The smallest absolute Gasteiger partial charge is 0.411 e. The third-order valence-corrected chi connectivity index (χ3v) is 3.68. The molecule has 0 N–H and O–H groups in total. The summed E-state index contributed by atoms with van der Waals surface area (Å²) in [5.41, 5.74) is 0. The molecular formula is C11H21BO2. The predicted octanol–water partition coefficient (Wildman–Crippen LogP) is 2.74. The van der Waals surface area contributed by atoms with Gasteiger partial charge in [0.25, 0.3) is 0 Å². The van der Waals surface area contributed by atoms with Gasteiger partial charge in [0.2, 0.25) is 0 Å². The molecule has 0 aromatic heterocycles. The lowest BCUT2D eigenvalue weighted by atomic mass is 9.67. The molecule has 2 nitrogen and oxygen atoms in total. The van der Waals surface area contributed by atoms with Gasteiger partial charge in [-0.3, -0.25) is 0 Å². The van der Waals surface area contributed by atoms with Gasteiger partial charge in [0.05, 0.1) is 0 Å². The van der Waals surface area contributed by atoms with Crippen LogP contribution in [0.1, 0.15) is 39.0 Å². The van der Waals surface area contributed by atoms with E-state index in [1.165, 1.54) is 25.7 Å². The Bertz CT molecular complexity index is 169. The van der Waals surface area contributed by atoms with E-state index in [0.29, 0.717) is 0 Å². The van der Waals surface area contributed by atoms with Crippen molar-refractivity contribution in [3.8, 4) is 0 Å². The number of rotatable bonds is 2. The molecule has 2 atom stereocenters. The molecule has 0 unspecified atom stereocenters. The Morgan fingerprint density at radius 3 is 2.50 bits per heavy atom. The van der Waals surface area contributed by atoms with Crippen molar-refractivity contribution in [2.75, 3.05) is 13.2 Å². The van der Waals surface area contributed by atoms with E-state index in [4.69, 9.17) is 9.31 Å². The van der Waals surface area contributed by atoms with Crippen LogP contribution in [0.5, 0.6) is 0 Å². The zero-order valence-corrected chi connectivity index (χ0v) is 9.21. The largest absolute Gasteiger partial charge is 0.457 e. The molecule has 1 heterocycles. The Morgan fingerprint density at radius 2 is 1.79 bits per heavy atom. The molecule has 2 rings (SSSR count). The van der Waals surface area contributed by atoms with Crippen LogP contribution in [0.25, 0.3) is 0 Å². The van der Waals surface area contributed by atoms with Gasteiger partial charge in [0.1, 0.15) is 0 Å². The fourth-order valence-electron chi connectivity index (χ4n) is 2.66. The first-order chi connectivity index (χ1) is 6.86. The summed E-state index contributed by atoms with van der Waals surface area (Å²) in [5.74, 6) is 1.71. The Balaban J connectivity index is 1.76. The highest BCUT2D eigenvalue weighted by Crippen LogP contribution is 2.33. The van der Waals surface area contributed by atoms with Gasteiger partial charge in [0.15, 0.2) is 0 Å². The van der Waals surface area contributed by atoms with Gasteiger partial charge in [-0.25, -0.2) is 0 Å². The lowest BCUT2D eigenvalue weighted by molar-refractivity contribution is 0.124. The molecule has 1 aliphatic heterocycles. The summed E-state index contributed by atoms with van der Waals surface area (Å²) >= 11 is 0. The standard InChI is InChI=1S/C11H21BO2/c1-10-5-2-3-6-11(10)9-12-13-7-4-8-14-12/h10-11H,2-9H2,1H3/t10-,11+/m0/s1. The molecule has 1 saturated carbocycles. The number of hydrogen-bond donors (Lipinski definition) is 0. The average Bonchev–Trinajstić information content (AvgIpc) is 2.23. The molecule has 0 bridgehead atoms. The molecule has 2 aliphatic rings. The lowest BCUT2D eigenvalue weighted by Gasteiger charge is -2.31. The van der Waals surface area contributed by atoms with Crippen molar-refractivity contribution >= 4 is 7.12 Å². The van der Waals surface area contributed by atoms with Crippen molar-refractivity contribution in [2.24, 2.45) is 11.8 Å². The summed E-state index contributed by atoms with van der Waals surface area (Å²) in [6.07, 6.45) is 7.80. The maximum atomic E-state index is 5.61. The highest BCUT2D eigenvalue weighted by molar-refractivity contribution is 6.44. The Morgan fingerprint density at radius 1 is 1.07 bits per heavy atom. The van der Waals surface area contributed by atoms with Gasteiger partial charge in [-0.15, -0.1) is 0 Å². The highest BCUT2D eigenvalue weighted by atomic mass is 16.6. The third-order valence-electron chi connectivity index (χ3n) is 3.68. The second-order valence-electron chi connectivity index (χ2n) is 4.78. The van der Waals surface area contributed by atoms with Gasteiger partial charge in [-0.1, -0.05) is 32.6 Å². The lowest BCUT2D eigenvalue weighted by Crippen LogP contribution is -2.33. The van der Waals surface area contributed by atoms with Gasteiger partial charge in [-0.2, -0.15) is 0 Å². The average molecular weight is 196 g/mol. The van der Waals surface area contributed by atoms with E-state index in [-0.39, 0.29) is 7.12 Å². The molecule has 2 fully saturated rings. The van der Waals surface area contributed by atoms with Crippen molar-refractivity contribution in [1.82, 2.24) is 0 Å². The maximum Gasteiger partial charge on any atom is 0.457 e. The highest BCUT2D eigenvalue weighted by Gasteiger charge is 2.30. The van der Waals surface area contributed by atoms with Crippen molar-refractivity contribution < 1.29 is 9.31 Å². The molecule has 0 aromatic rings. The van der Waals surface area contributed by atoms with Crippen molar-refractivity contribution in [3.63, 3.8) is 0 Å². The van der Waals surface area contributed by atoms with Crippen LogP contribution in [-0.4, -0.2) is 20.3 Å². The van der Waals surface area contributed by atoms with Crippen LogP contribution >= 0.6 is 0 Å². The monoisotopic (exact) mass is 196 g/mol. The minimum absolute atomic E-state index is 0.106. The molecular weight excluding hydrogens is 175 g/mol. The molecule has 0 radical (unpaired) electrons. The minimum Gasteiger partial charge on any atom is -0.411 e. The van der Waals surface area contributed by atoms with Gasteiger partial charge >= 0.3 is 7.12 Å². The maximum absolute atomic E-state index is 5.61. The normalized spacial score (nSPS) is 34.5. The zero-order valence-electron chi connectivity index (χ0n) is 9.21. The summed E-state index contributed by atoms with van der Waals surface area (Å²) in [4.78, 5) is 0. The van der Waals surface area contributed by atoms with Crippen LogP contribution in [0.15, 0.2) is 0 Å². The van der Waals surface area contributed by atoms with E-state index in [1.807, 2.05) is 0 Å². The van der Waals surface area contributed by atoms with E-state index >= 15 is 0 Å². The topological polar surface area (TPSA) is 18.5 Å². The van der Waals surface area contributed by atoms with Gasteiger partial charge in [0, 0.05) is 13.2 Å². The summed E-state index contributed by atoms with van der Waals surface area (Å²) < 4.78 is 11.2. The Kier molecular flexibility index (Phi) is 3.88. The number of hydrogen-bond acceptors (Lipinski definition) is 2. The first-order valence-electron chi connectivity index (χ1n) is 6.09. The molecule has 0 spiro atoms. The predicted molar refractivity (Wildman–Crippen MR) is 58.2 cm³/mol. The van der Waals surface area contributed by atoms with Crippen LogP contribution in [0.4, 0.5) is 0 Å². The minimum atomic E-state index is 0.106. The van der Waals surface area contributed by atoms with Crippen LogP contribution in [0.3, 0.4) is 0 Å². The summed E-state index contributed by atoms with van der Waals surface area (Å²) in [5, 5.41) is 0. The van der Waals surface area contributed by atoms with Crippen molar-refractivity contribution in [3.05, 3.63) is 0 Å². The molecule has 1 aliphatic carbocycles. The molecule has 80 valence electrons. The van der Waals surface area contributed by atoms with E-state index in [9.17, 15) is 0 Å². The molecule has 3 heteroatoms. The van der Waals surface area contributed by atoms with E-state index < -0.39 is 0 Å². The second-order valence-corrected chi connectivity index (χ2v) is 4.78. The Hall–Kier alpha value is -0.0151. The summed E-state index contributed by atoms with van der Waals surface area (Å²) in [6, 6.07) is 0. The molecule has 1 saturated heterocycles. The molecule has 0 amide bonds. The Labute approximate surface area is 87.5 Å². The van der Waals surface area contributed by atoms with Gasteiger partial charge < -0.3 is 9.31 Å². The van der Waals surface area contributed by atoms with Crippen molar-refractivity contribution in [1.29, 1.82) is 0 Å². The fraction of sp³-hybridized carbons (Fsp3) is 1.00. The zero-order chi connectivity index (χ0) is 9.80. The van der Waals surface area contributed by atoms with E-state index in [1.54, 1.807) is 0 Å². The first kappa shape index (κ1) is 10.5. The van der Waals surface area contributed by atoms with E-state index in [0.717, 1.165) is 37.8 Å².